The van der Waals surface area contributed by atoms with Crippen LogP contribution in [0.25, 0.3) is 22.2 Å². The van der Waals surface area contributed by atoms with E-state index in [-0.39, 0.29) is 24.5 Å². The summed E-state index contributed by atoms with van der Waals surface area (Å²) in [5, 5.41) is 2.73. The molecule has 11 heteroatoms. The van der Waals surface area contributed by atoms with Crippen molar-refractivity contribution < 1.29 is 19.3 Å². The summed E-state index contributed by atoms with van der Waals surface area (Å²) in [6, 6.07) is 10.3. The Bertz CT molecular complexity index is 1620. The number of rotatable bonds is 2. The van der Waals surface area contributed by atoms with Crippen molar-refractivity contribution in [3.05, 3.63) is 52.7 Å². The summed E-state index contributed by atoms with van der Waals surface area (Å²) in [6.45, 7) is 9.76. The summed E-state index contributed by atoms with van der Waals surface area (Å²) in [5.41, 5.74) is 15.8. The fourth-order valence-corrected chi connectivity index (χ4v) is 8.34. The molecule has 1 aromatic carbocycles. The standard InChI is InChI=1S/C34H46N7O4/c1-5-39-26-13-12-22-18-24(26)28-29(32(44-4)30-23(31(28)39)10-6-14-36-30)34(2,3)20-45-41(43)27-11-8-16-40(37-27)33(42)25(35)17-21-9-7-15-38(22)19-21/h6,10,12-14,18,21,25,27,29,32,37H,5,7-9,11,15-17,19-20,35H2,1-4H3/q+1/t21-,25-,27+,29?,32-/m0/s1. The molecule has 5 atom stereocenters. The van der Waals surface area contributed by atoms with Gasteiger partial charge in [0, 0.05) is 79.4 Å². The van der Waals surface area contributed by atoms with Gasteiger partial charge in [0.1, 0.15) is 6.10 Å². The molecule has 5 heterocycles. The number of nitrogens with two attached hydrogens (primary N) is 1. The van der Waals surface area contributed by atoms with E-state index in [1.807, 2.05) is 12.3 Å². The number of pyridine rings is 1. The number of piperidine rings is 1. The topological polar surface area (TPSA) is 118 Å². The Hall–Kier alpha value is -3.54. The Balaban J connectivity index is 1.40. The lowest BCUT2D eigenvalue weighted by Crippen LogP contribution is -2.59. The Morgan fingerprint density at radius 2 is 2.02 bits per heavy atom. The molecule has 3 N–H and O–H groups in total. The Kier molecular flexibility index (Phi) is 7.82. The minimum atomic E-state index is -0.679. The van der Waals surface area contributed by atoms with Crippen LogP contribution in [0.1, 0.15) is 76.2 Å². The number of fused-ring (bicyclic) bond motifs is 8. The van der Waals surface area contributed by atoms with Crippen molar-refractivity contribution in [3.63, 3.8) is 0 Å². The largest absolute Gasteiger partial charge is 0.374 e. The quantitative estimate of drug-likeness (QED) is 0.428. The van der Waals surface area contributed by atoms with Crippen molar-refractivity contribution >= 4 is 22.5 Å². The van der Waals surface area contributed by atoms with E-state index in [1.54, 1.807) is 7.11 Å². The Morgan fingerprint density at radius 1 is 1.20 bits per heavy atom. The predicted octanol–water partition coefficient (Wildman–Crippen LogP) is 4.65. The molecule has 1 aliphatic carbocycles. The molecule has 6 bridgehead atoms. The Labute approximate surface area is 264 Å². The fourth-order valence-electron chi connectivity index (χ4n) is 8.34. The summed E-state index contributed by atoms with van der Waals surface area (Å²) in [6.07, 6.45) is 4.77. The van der Waals surface area contributed by atoms with Crippen LogP contribution in [-0.2, 0) is 20.9 Å². The summed E-state index contributed by atoms with van der Waals surface area (Å²) in [4.78, 5) is 40.9. The normalized spacial score (nSPS) is 28.4. The number of carbonyl (C=O) groups is 1. The molecule has 3 aliphatic heterocycles. The molecule has 1 amide bonds. The van der Waals surface area contributed by atoms with Gasteiger partial charge in [0.2, 0.25) is 4.92 Å². The highest BCUT2D eigenvalue weighted by Gasteiger charge is 2.48. The van der Waals surface area contributed by atoms with Gasteiger partial charge in [-0.1, -0.05) is 13.8 Å². The van der Waals surface area contributed by atoms with Crippen LogP contribution < -0.4 is 16.1 Å². The number of anilines is 1. The zero-order valence-corrected chi connectivity index (χ0v) is 26.9. The van der Waals surface area contributed by atoms with Gasteiger partial charge in [0.25, 0.3) is 5.91 Å². The molecule has 2 saturated heterocycles. The maximum Gasteiger partial charge on any atom is 0.326 e. The molecule has 7 rings (SSSR count). The summed E-state index contributed by atoms with van der Waals surface area (Å²) < 4.78 is 8.71. The molecule has 1 unspecified atom stereocenters. The first-order valence-electron chi connectivity index (χ1n) is 16.5. The van der Waals surface area contributed by atoms with Crippen LogP contribution in [0.3, 0.4) is 0 Å². The third kappa shape index (κ3) is 5.09. The van der Waals surface area contributed by atoms with E-state index in [9.17, 15) is 9.70 Å². The molecule has 0 saturated carbocycles. The Morgan fingerprint density at radius 3 is 2.82 bits per heavy atom. The van der Waals surface area contributed by atoms with Gasteiger partial charge >= 0.3 is 6.17 Å². The number of hydrogen-bond donors (Lipinski definition) is 2. The molecule has 2 fully saturated rings. The lowest BCUT2D eigenvalue weighted by atomic mass is 9.67. The van der Waals surface area contributed by atoms with Gasteiger partial charge in [-0.3, -0.25) is 14.8 Å². The SMILES string of the molecule is CCn1c2c3c4cc(ccc41)N1CCC[C@@H](C[C@H](N)C(=O)N4CCC[C@H](N4)[N+](=O)OCC(C)(C)C3[C@H](OC)c3ncccc3-2)C1. The predicted molar refractivity (Wildman–Crippen MR) is 172 cm³/mol. The van der Waals surface area contributed by atoms with E-state index in [0.717, 1.165) is 49.4 Å². The van der Waals surface area contributed by atoms with E-state index in [4.69, 9.17) is 20.3 Å². The number of carbonyl (C=O) groups excluding carboxylic acids is 1. The smallest absolute Gasteiger partial charge is 0.326 e. The first-order valence-corrected chi connectivity index (χ1v) is 16.5. The number of methoxy groups -OCH3 is 1. The van der Waals surface area contributed by atoms with Crippen LogP contribution in [0.15, 0.2) is 36.5 Å². The summed E-state index contributed by atoms with van der Waals surface area (Å²) in [7, 11) is 1.75. The monoisotopic (exact) mass is 616 g/mol. The number of hydrogen-bond acceptors (Lipinski definition) is 8. The number of aryl methyl sites for hydroxylation is 1. The van der Waals surface area contributed by atoms with Crippen molar-refractivity contribution in [2.45, 2.75) is 83.6 Å². The van der Waals surface area contributed by atoms with Crippen molar-refractivity contribution in [1.29, 1.82) is 0 Å². The first-order chi connectivity index (χ1) is 21.7. The summed E-state index contributed by atoms with van der Waals surface area (Å²) >= 11 is 0. The summed E-state index contributed by atoms with van der Waals surface area (Å²) in [5.74, 6) is -0.0198. The van der Waals surface area contributed by atoms with Crippen molar-refractivity contribution in [1.82, 2.24) is 20.0 Å². The molecule has 0 spiro atoms. The van der Waals surface area contributed by atoms with E-state index in [0.29, 0.717) is 36.6 Å². The number of hydrazine groups is 1. The van der Waals surface area contributed by atoms with Crippen LogP contribution in [0, 0.1) is 16.2 Å². The van der Waals surface area contributed by atoms with Crippen molar-refractivity contribution in [2.24, 2.45) is 17.1 Å². The number of amides is 1. The average Bonchev–Trinajstić information content (AvgIpc) is 3.39. The van der Waals surface area contributed by atoms with Gasteiger partial charge in [-0.15, -0.1) is 0 Å². The molecule has 2 aromatic heterocycles. The molecular formula is C34H46N7O4+. The highest BCUT2D eigenvalue weighted by molar-refractivity contribution is 5.96. The minimum absolute atomic E-state index is 0.151. The average molecular weight is 617 g/mol. The number of aromatic nitrogens is 2. The van der Waals surface area contributed by atoms with Crippen LogP contribution in [0.4, 0.5) is 5.69 Å². The van der Waals surface area contributed by atoms with E-state index in [1.165, 1.54) is 27.2 Å². The van der Waals surface area contributed by atoms with Gasteiger partial charge in [-0.25, -0.2) is 4.84 Å². The van der Waals surface area contributed by atoms with E-state index < -0.39 is 17.6 Å². The third-order valence-corrected chi connectivity index (χ3v) is 10.5. The zero-order chi connectivity index (χ0) is 31.5. The first kappa shape index (κ1) is 30.1. The van der Waals surface area contributed by atoms with Crippen LogP contribution >= 0.6 is 0 Å². The molecule has 4 aliphatic rings. The fraction of sp³-hybridized carbons (Fsp3) is 0.588. The van der Waals surface area contributed by atoms with Gasteiger partial charge in [0.15, 0.2) is 6.61 Å². The molecule has 3 aromatic rings. The highest BCUT2D eigenvalue weighted by atomic mass is 16.8. The second-order valence-electron chi connectivity index (χ2n) is 13.9. The number of ether oxygens (including phenoxy) is 1. The maximum absolute atomic E-state index is 13.5. The van der Waals surface area contributed by atoms with Crippen LogP contribution in [-0.4, -0.2) is 70.9 Å². The zero-order valence-electron chi connectivity index (χ0n) is 26.9. The van der Waals surface area contributed by atoms with Gasteiger partial charge in [-0.2, -0.15) is 5.43 Å². The third-order valence-electron chi connectivity index (χ3n) is 10.5. The van der Waals surface area contributed by atoms with E-state index >= 15 is 0 Å². The minimum Gasteiger partial charge on any atom is -0.374 e. The second kappa shape index (κ2) is 11.7. The highest BCUT2D eigenvalue weighted by Crippen LogP contribution is 2.57. The van der Waals surface area contributed by atoms with Crippen molar-refractivity contribution in [2.75, 3.05) is 38.3 Å². The number of nitrogens with one attached hydrogen (secondary N) is 1. The maximum atomic E-state index is 13.5. The molecule has 240 valence electrons. The van der Waals surface area contributed by atoms with Crippen LogP contribution in [0.2, 0.25) is 0 Å². The van der Waals surface area contributed by atoms with Crippen LogP contribution in [0.5, 0.6) is 0 Å². The number of nitrogens with zero attached hydrogens (tertiary/aromatic N) is 5. The van der Waals surface area contributed by atoms with Crippen molar-refractivity contribution in [3.8, 4) is 11.3 Å². The molecule has 11 nitrogen and oxygen atoms in total. The second-order valence-corrected chi connectivity index (χ2v) is 13.9. The molecule has 0 radical (unpaired) electrons. The van der Waals surface area contributed by atoms with Gasteiger partial charge in [-0.05, 0) is 74.4 Å². The van der Waals surface area contributed by atoms with Gasteiger partial charge in [0.05, 0.1) is 22.3 Å². The molecular weight excluding hydrogens is 570 g/mol. The van der Waals surface area contributed by atoms with Gasteiger partial charge < -0.3 is 19.9 Å². The lowest BCUT2D eigenvalue weighted by molar-refractivity contribution is -0.835. The lowest BCUT2D eigenvalue weighted by Gasteiger charge is -2.41. The molecule has 45 heavy (non-hydrogen) atoms. The number of benzene rings is 1. The van der Waals surface area contributed by atoms with E-state index in [2.05, 4.69) is 59.9 Å².